The quantitative estimate of drug-likeness (QED) is 0.812. The van der Waals surface area contributed by atoms with Gasteiger partial charge in [0.2, 0.25) is 0 Å². The van der Waals surface area contributed by atoms with Gasteiger partial charge < -0.3 is 0 Å². The molecule has 1 aromatic heterocycles. The Hall–Kier alpha value is -2.48. The molecule has 0 spiro atoms. The summed E-state index contributed by atoms with van der Waals surface area (Å²) in [6.45, 7) is 1.71. The summed E-state index contributed by atoms with van der Waals surface area (Å²) in [5.41, 5.74) is -0.446. The predicted octanol–water partition coefficient (Wildman–Crippen LogP) is 1.26. The van der Waals surface area contributed by atoms with Crippen molar-refractivity contribution in [1.29, 1.82) is 0 Å². The number of carbonyl (C=O) groups excluding carboxylic acids is 1. The first-order valence-electron chi connectivity index (χ1n) is 6.85. The number of aliphatic imine (C=N–C) groups is 1. The highest BCUT2D eigenvalue weighted by Gasteiger charge is 2.30. The largest absolute Gasteiger partial charge is 0.329 e. The third-order valence-corrected chi connectivity index (χ3v) is 4.19. The Morgan fingerprint density at radius 1 is 1.26 bits per heavy atom. The summed E-state index contributed by atoms with van der Waals surface area (Å²) < 4.78 is 1.80. The lowest BCUT2D eigenvalue weighted by Gasteiger charge is -2.30. The standard InChI is InChI=1S/C15H13BrN4O3/c1-8-17-7-11-12(18-15(23)19(2)14(11)22)20(8)13(21)9-3-5-10(16)6-4-9/h3-8H,1-2H3,(H,18,23). The normalized spacial score (nSPS) is 16.3. The number of nitrogens with one attached hydrogen (secondary N) is 1. The van der Waals surface area contributed by atoms with E-state index in [1.54, 1.807) is 31.2 Å². The third kappa shape index (κ3) is 2.55. The van der Waals surface area contributed by atoms with Gasteiger partial charge in [0.25, 0.3) is 11.5 Å². The lowest BCUT2D eigenvalue weighted by molar-refractivity contribution is 0.0978. The van der Waals surface area contributed by atoms with E-state index in [2.05, 4.69) is 25.9 Å². The van der Waals surface area contributed by atoms with E-state index in [1.807, 2.05) is 0 Å². The number of hydrogen-bond acceptors (Lipinski definition) is 4. The summed E-state index contributed by atoms with van der Waals surface area (Å²) in [6.07, 6.45) is 0.866. The molecule has 1 aliphatic rings. The Morgan fingerprint density at radius 2 is 1.91 bits per heavy atom. The first-order chi connectivity index (χ1) is 10.9. The fraction of sp³-hybridized carbons (Fsp3) is 0.200. The number of benzene rings is 1. The average Bonchev–Trinajstić information content (AvgIpc) is 2.53. The number of amides is 1. The van der Waals surface area contributed by atoms with Gasteiger partial charge in [0.15, 0.2) is 0 Å². The van der Waals surface area contributed by atoms with Crippen LogP contribution in [0.4, 0.5) is 5.82 Å². The molecule has 118 valence electrons. The number of hydrogen-bond donors (Lipinski definition) is 1. The maximum absolute atomic E-state index is 12.8. The summed E-state index contributed by atoms with van der Waals surface area (Å²) >= 11 is 3.32. The number of anilines is 1. The van der Waals surface area contributed by atoms with E-state index in [4.69, 9.17) is 0 Å². The number of H-pyrrole nitrogens is 1. The van der Waals surface area contributed by atoms with Crippen molar-refractivity contribution in [3.8, 4) is 0 Å². The fourth-order valence-corrected chi connectivity index (χ4v) is 2.64. The molecule has 2 aromatic rings. The Kier molecular flexibility index (Phi) is 3.77. The molecule has 1 atom stereocenters. The molecule has 0 fully saturated rings. The molecule has 0 saturated heterocycles. The maximum atomic E-state index is 12.8. The van der Waals surface area contributed by atoms with Crippen LogP contribution >= 0.6 is 15.9 Å². The first-order valence-corrected chi connectivity index (χ1v) is 7.65. The van der Waals surface area contributed by atoms with Crippen LogP contribution in [0.3, 0.4) is 0 Å². The van der Waals surface area contributed by atoms with Gasteiger partial charge in [-0.25, -0.2) is 4.79 Å². The second-order valence-corrected chi connectivity index (χ2v) is 6.06. The molecule has 3 rings (SSSR count). The van der Waals surface area contributed by atoms with E-state index in [0.717, 1.165) is 9.04 Å². The highest BCUT2D eigenvalue weighted by Crippen LogP contribution is 2.23. The summed E-state index contributed by atoms with van der Waals surface area (Å²) in [5, 5.41) is 0. The minimum Gasteiger partial charge on any atom is -0.292 e. The Balaban J connectivity index is 2.16. The van der Waals surface area contributed by atoms with Crippen molar-refractivity contribution in [2.45, 2.75) is 13.1 Å². The zero-order chi connectivity index (χ0) is 16.7. The lowest BCUT2D eigenvalue weighted by atomic mass is 10.1. The van der Waals surface area contributed by atoms with Gasteiger partial charge in [0.1, 0.15) is 12.0 Å². The zero-order valence-electron chi connectivity index (χ0n) is 12.4. The number of fused-ring (bicyclic) bond motifs is 1. The van der Waals surface area contributed by atoms with Gasteiger partial charge in [0.05, 0.1) is 5.56 Å². The molecule has 1 amide bonds. The van der Waals surface area contributed by atoms with Crippen LogP contribution in [0.25, 0.3) is 0 Å². The maximum Gasteiger partial charge on any atom is 0.329 e. The van der Waals surface area contributed by atoms with Gasteiger partial charge in [-0.3, -0.25) is 29.0 Å². The van der Waals surface area contributed by atoms with Crippen LogP contribution in [-0.4, -0.2) is 27.8 Å². The van der Waals surface area contributed by atoms with Gasteiger partial charge in [0, 0.05) is 23.3 Å². The predicted molar refractivity (Wildman–Crippen MR) is 90.3 cm³/mol. The minimum atomic E-state index is -0.579. The molecule has 7 nitrogen and oxygen atoms in total. The van der Waals surface area contributed by atoms with Crippen molar-refractivity contribution in [3.05, 3.63) is 60.7 Å². The second kappa shape index (κ2) is 5.62. The molecular weight excluding hydrogens is 364 g/mol. The molecule has 0 saturated carbocycles. The number of aromatic nitrogens is 2. The van der Waals surface area contributed by atoms with Gasteiger partial charge in [-0.15, -0.1) is 0 Å². The smallest absolute Gasteiger partial charge is 0.292 e. The average molecular weight is 377 g/mol. The molecule has 0 bridgehead atoms. The molecule has 1 aliphatic heterocycles. The topological polar surface area (TPSA) is 87.5 Å². The van der Waals surface area contributed by atoms with Crippen LogP contribution in [0.1, 0.15) is 22.8 Å². The van der Waals surface area contributed by atoms with Crippen LogP contribution in [0.2, 0.25) is 0 Å². The number of rotatable bonds is 1. The van der Waals surface area contributed by atoms with Gasteiger partial charge >= 0.3 is 5.69 Å². The van der Waals surface area contributed by atoms with Gasteiger partial charge in [-0.2, -0.15) is 0 Å². The van der Waals surface area contributed by atoms with E-state index >= 15 is 0 Å². The van der Waals surface area contributed by atoms with Crippen molar-refractivity contribution in [2.75, 3.05) is 4.90 Å². The van der Waals surface area contributed by atoms with Gasteiger partial charge in [-0.05, 0) is 31.2 Å². The fourth-order valence-electron chi connectivity index (χ4n) is 2.37. The summed E-state index contributed by atoms with van der Waals surface area (Å²) in [7, 11) is 1.37. The zero-order valence-corrected chi connectivity index (χ0v) is 14.0. The second-order valence-electron chi connectivity index (χ2n) is 5.15. The van der Waals surface area contributed by atoms with E-state index in [9.17, 15) is 14.4 Å². The number of nitrogens with zero attached hydrogens (tertiary/aromatic N) is 3. The monoisotopic (exact) mass is 376 g/mol. The first kappa shape index (κ1) is 15.4. The van der Waals surface area contributed by atoms with E-state index in [-0.39, 0.29) is 17.3 Å². The van der Waals surface area contributed by atoms with Crippen molar-refractivity contribution in [3.63, 3.8) is 0 Å². The van der Waals surface area contributed by atoms with Crippen LogP contribution < -0.4 is 16.1 Å². The van der Waals surface area contributed by atoms with Crippen molar-refractivity contribution < 1.29 is 4.79 Å². The van der Waals surface area contributed by atoms with E-state index < -0.39 is 17.4 Å². The Bertz CT molecular complexity index is 927. The van der Waals surface area contributed by atoms with Crippen LogP contribution in [0.5, 0.6) is 0 Å². The number of halogens is 1. The van der Waals surface area contributed by atoms with E-state index in [1.165, 1.54) is 18.2 Å². The van der Waals surface area contributed by atoms with Crippen LogP contribution in [0, 0.1) is 0 Å². The number of carbonyl (C=O) groups is 1. The highest BCUT2D eigenvalue weighted by molar-refractivity contribution is 9.10. The van der Waals surface area contributed by atoms with Crippen LogP contribution in [0.15, 0.2) is 43.3 Å². The molecule has 0 radical (unpaired) electrons. The molecular formula is C15H13BrN4O3. The molecule has 23 heavy (non-hydrogen) atoms. The Morgan fingerprint density at radius 3 is 2.57 bits per heavy atom. The SMILES string of the molecule is CC1N=Cc2c([nH]c(=O)n(C)c2=O)N1C(=O)c1ccc(Br)cc1. The van der Waals surface area contributed by atoms with Crippen molar-refractivity contribution in [2.24, 2.45) is 12.0 Å². The highest BCUT2D eigenvalue weighted by atomic mass is 79.9. The van der Waals surface area contributed by atoms with Crippen LogP contribution in [-0.2, 0) is 7.05 Å². The minimum absolute atomic E-state index is 0.175. The molecule has 1 unspecified atom stereocenters. The lowest BCUT2D eigenvalue weighted by Crippen LogP contribution is -2.46. The molecule has 0 aliphatic carbocycles. The molecule has 1 N–H and O–H groups in total. The van der Waals surface area contributed by atoms with E-state index in [0.29, 0.717) is 5.56 Å². The summed E-state index contributed by atoms with van der Waals surface area (Å²) in [5.74, 6) is -0.166. The Labute approximate surface area is 139 Å². The third-order valence-electron chi connectivity index (χ3n) is 3.66. The number of aromatic amines is 1. The van der Waals surface area contributed by atoms with Crippen molar-refractivity contribution in [1.82, 2.24) is 9.55 Å². The summed E-state index contributed by atoms with van der Waals surface area (Å²) in [6, 6.07) is 6.82. The molecule has 1 aromatic carbocycles. The van der Waals surface area contributed by atoms with Gasteiger partial charge in [-0.1, -0.05) is 15.9 Å². The summed E-state index contributed by atoms with van der Waals surface area (Å²) in [4.78, 5) is 45.0. The molecule has 8 heteroatoms. The molecule has 2 heterocycles. The van der Waals surface area contributed by atoms with Crippen molar-refractivity contribution >= 4 is 33.9 Å².